The van der Waals surface area contributed by atoms with Crippen LogP contribution in [0, 0.1) is 5.92 Å². The van der Waals surface area contributed by atoms with Crippen molar-refractivity contribution in [1.82, 2.24) is 5.32 Å². The van der Waals surface area contributed by atoms with Crippen molar-refractivity contribution in [3.63, 3.8) is 0 Å². The zero-order chi connectivity index (χ0) is 8.93. The van der Waals surface area contributed by atoms with Crippen molar-refractivity contribution >= 4 is 0 Å². The van der Waals surface area contributed by atoms with Crippen molar-refractivity contribution < 1.29 is 9.47 Å². The molecular weight excluding hydrogens is 166 g/mol. The molecule has 2 rings (SSSR count). The Morgan fingerprint density at radius 3 is 2.77 bits per heavy atom. The van der Waals surface area contributed by atoms with Crippen LogP contribution in [0.3, 0.4) is 0 Å². The minimum Gasteiger partial charge on any atom is -0.378 e. The predicted molar refractivity (Wildman–Crippen MR) is 50.8 cm³/mol. The molecular formula is C10H19NO2. The van der Waals surface area contributed by atoms with Crippen LogP contribution < -0.4 is 5.32 Å². The zero-order valence-corrected chi connectivity index (χ0v) is 8.13. The van der Waals surface area contributed by atoms with Gasteiger partial charge in [0, 0.05) is 25.6 Å². The molecule has 0 aromatic heterocycles. The molecule has 2 heterocycles. The molecule has 2 aliphatic heterocycles. The Hall–Kier alpha value is -0.120. The minimum absolute atomic E-state index is 0.377. The third-order valence-electron chi connectivity index (χ3n) is 2.80. The first-order valence-electron chi connectivity index (χ1n) is 5.35. The van der Waals surface area contributed by atoms with E-state index in [1.807, 2.05) is 0 Å². The van der Waals surface area contributed by atoms with Crippen LogP contribution in [0.5, 0.6) is 0 Å². The maximum Gasteiger partial charge on any atom is 0.0808 e. The van der Waals surface area contributed by atoms with E-state index in [4.69, 9.17) is 9.47 Å². The van der Waals surface area contributed by atoms with Gasteiger partial charge in [-0.25, -0.2) is 0 Å². The number of hydrogen-bond acceptors (Lipinski definition) is 3. The van der Waals surface area contributed by atoms with Gasteiger partial charge in [0.1, 0.15) is 0 Å². The van der Waals surface area contributed by atoms with E-state index >= 15 is 0 Å². The van der Waals surface area contributed by atoms with Crippen LogP contribution >= 0.6 is 0 Å². The van der Waals surface area contributed by atoms with Gasteiger partial charge < -0.3 is 14.8 Å². The van der Waals surface area contributed by atoms with Gasteiger partial charge in [-0.05, 0) is 19.3 Å². The lowest BCUT2D eigenvalue weighted by atomic mass is 10.1. The molecule has 0 radical (unpaired) electrons. The van der Waals surface area contributed by atoms with Crippen molar-refractivity contribution in [1.29, 1.82) is 0 Å². The summed E-state index contributed by atoms with van der Waals surface area (Å²) >= 11 is 0. The zero-order valence-electron chi connectivity index (χ0n) is 8.13. The third-order valence-corrected chi connectivity index (χ3v) is 2.80. The predicted octanol–water partition coefficient (Wildman–Crippen LogP) is 0.791. The van der Waals surface area contributed by atoms with Crippen LogP contribution in [0.25, 0.3) is 0 Å². The molecule has 0 amide bonds. The van der Waals surface area contributed by atoms with Gasteiger partial charge in [0.15, 0.2) is 0 Å². The van der Waals surface area contributed by atoms with E-state index in [0.29, 0.717) is 6.10 Å². The summed E-state index contributed by atoms with van der Waals surface area (Å²) in [5.41, 5.74) is 0. The molecule has 0 spiro atoms. The smallest absolute Gasteiger partial charge is 0.0808 e. The average molecular weight is 185 g/mol. The minimum atomic E-state index is 0.377. The first-order valence-corrected chi connectivity index (χ1v) is 5.35. The van der Waals surface area contributed by atoms with Crippen LogP contribution in [0.15, 0.2) is 0 Å². The summed E-state index contributed by atoms with van der Waals surface area (Å²) in [6.07, 6.45) is 4.09. The van der Waals surface area contributed by atoms with E-state index in [1.165, 1.54) is 19.3 Å². The highest BCUT2D eigenvalue weighted by Crippen LogP contribution is 2.13. The van der Waals surface area contributed by atoms with E-state index in [0.717, 1.165) is 38.8 Å². The van der Waals surface area contributed by atoms with Crippen LogP contribution in [0.1, 0.15) is 19.3 Å². The van der Waals surface area contributed by atoms with Gasteiger partial charge >= 0.3 is 0 Å². The van der Waals surface area contributed by atoms with Gasteiger partial charge in [-0.15, -0.1) is 0 Å². The molecule has 76 valence electrons. The largest absolute Gasteiger partial charge is 0.378 e. The SMILES string of the molecule is C1CCC(COCC2CNC2)OC1. The van der Waals surface area contributed by atoms with Crippen molar-refractivity contribution in [2.24, 2.45) is 5.92 Å². The van der Waals surface area contributed by atoms with Gasteiger partial charge in [0.25, 0.3) is 0 Å². The summed E-state index contributed by atoms with van der Waals surface area (Å²) in [4.78, 5) is 0. The molecule has 0 aromatic rings. The van der Waals surface area contributed by atoms with E-state index < -0.39 is 0 Å². The Bertz CT molecular complexity index is 142. The molecule has 2 saturated heterocycles. The first kappa shape index (κ1) is 9.44. The fourth-order valence-corrected chi connectivity index (χ4v) is 1.77. The van der Waals surface area contributed by atoms with Crippen molar-refractivity contribution in [3.05, 3.63) is 0 Å². The molecule has 0 bridgehead atoms. The highest BCUT2D eigenvalue weighted by Gasteiger charge is 2.18. The van der Waals surface area contributed by atoms with Crippen molar-refractivity contribution in [2.45, 2.75) is 25.4 Å². The summed E-state index contributed by atoms with van der Waals surface area (Å²) in [5.74, 6) is 0.753. The number of nitrogens with one attached hydrogen (secondary N) is 1. The number of ether oxygens (including phenoxy) is 2. The maximum atomic E-state index is 5.61. The highest BCUT2D eigenvalue weighted by atomic mass is 16.5. The molecule has 0 aromatic carbocycles. The van der Waals surface area contributed by atoms with E-state index in [9.17, 15) is 0 Å². The highest BCUT2D eigenvalue weighted by molar-refractivity contribution is 4.74. The van der Waals surface area contributed by atoms with Crippen LogP contribution in [-0.2, 0) is 9.47 Å². The van der Waals surface area contributed by atoms with Gasteiger partial charge in [-0.1, -0.05) is 0 Å². The molecule has 3 heteroatoms. The van der Waals surface area contributed by atoms with E-state index in [-0.39, 0.29) is 0 Å². The Kier molecular flexibility index (Phi) is 3.58. The van der Waals surface area contributed by atoms with Crippen LogP contribution in [0.4, 0.5) is 0 Å². The molecule has 13 heavy (non-hydrogen) atoms. The second kappa shape index (κ2) is 4.94. The quantitative estimate of drug-likeness (QED) is 0.702. The van der Waals surface area contributed by atoms with Gasteiger partial charge in [-0.3, -0.25) is 0 Å². The normalized spacial score (nSPS) is 30.0. The third kappa shape index (κ3) is 2.93. The van der Waals surface area contributed by atoms with Gasteiger partial charge in [0.2, 0.25) is 0 Å². The summed E-state index contributed by atoms with van der Waals surface area (Å²) in [5, 5.41) is 3.24. The number of rotatable bonds is 4. The van der Waals surface area contributed by atoms with E-state index in [2.05, 4.69) is 5.32 Å². The molecule has 2 aliphatic rings. The lowest BCUT2D eigenvalue weighted by Gasteiger charge is -2.28. The van der Waals surface area contributed by atoms with Gasteiger partial charge in [-0.2, -0.15) is 0 Å². The van der Waals surface area contributed by atoms with Crippen LogP contribution in [-0.4, -0.2) is 39.0 Å². The summed E-state index contributed by atoms with van der Waals surface area (Å²) < 4.78 is 11.2. The summed E-state index contributed by atoms with van der Waals surface area (Å²) in [7, 11) is 0. The van der Waals surface area contributed by atoms with Crippen molar-refractivity contribution in [3.8, 4) is 0 Å². The van der Waals surface area contributed by atoms with Crippen molar-refractivity contribution in [2.75, 3.05) is 32.9 Å². The summed E-state index contributed by atoms with van der Waals surface area (Å²) in [6, 6.07) is 0. The lowest BCUT2D eigenvalue weighted by molar-refractivity contribution is -0.0497. The van der Waals surface area contributed by atoms with Crippen LogP contribution in [0.2, 0.25) is 0 Å². The average Bonchev–Trinajstić information content (AvgIpc) is 2.11. The molecule has 2 fully saturated rings. The fraction of sp³-hybridized carbons (Fsp3) is 1.00. The lowest BCUT2D eigenvalue weighted by Crippen LogP contribution is -2.44. The first-order chi connectivity index (χ1) is 6.45. The molecule has 1 unspecified atom stereocenters. The Balaban J connectivity index is 1.50. The molecule has 1 atom stereocenters. The molecule has 0 saturated carbocycles. The Morgan fingerprint density at radius 1 is 1.23 bits per heavy atom. The van der Waals surface area contributed by atoms with E-state index in [1.54, 1.807) is 0 Å². The second-order valence-electron chi connectivity index (χ2n) is 4.05. The standard InChI is InChI=1S/C10H19NO2/c1-2-4-13-10(3-1)8-12-7-9-5-11-6-9/h9-11H,1-8H2. The fourth-order valence-electron chi connectivity index (χ4n) is 1.77. The maximum absolute atomic E-state index is 5.61. The topological polar surface area (TPSA) is 30.5 Å². The Morgan fingerprint density at radius 2 is 2.15 bits per heavy atom. The Labute approximate surface area is 79.8 Å². The molecule has 0 aliphatic carbocycles. The molecule has 3 nitrogen and oxygen atoms in total. The monoisotopic (exact) mass is 185 g/mol. The van der Waals surface area contributed by atoms with Gasteiger partial charge in [0.05, 0.1) is 19.3 Å². The second-order valence-corrected chi connectivity index (χ2v) is 4.05. The summed E-state index contributed by atoms with van der Waals surface area (Å²) in [6.45, 7) is 4.90. The molecule has 1 N–H and O–H groups in total. The number of hydrogen-bond donors (Lipinski definition) is 1.